The van der Waals surface area contributed by atoms with Gasteiger partial charge in [0.05, 0.1) is 11.6 Å². The van der Waals surface area contributed by atoms with Crippen molar-refractivity contribution in [3.63, 3.8) is 0 Å². The van der Waals surface area contributed by atoms with Crippen molar-refractivity contribution in [3.05, 3.63) is 47.1 Å². The quantitative estimate of drug-likeness (QED) is 0.527. The van der Waals surface area contributed by atoms with E-state index in [0.717, 1.165) is 17.4 Å². The van der Waals surface area contributed by atoms with E-state index in [9.17, 15) is 31.2 Å². The predicted molar refractivity (Wildman–Crippen MR) is 102 cm³/mol. The number of nitrogens with one attached hydrogen (secondary N) is 1. The maximum absolute atomic E-state index is 13.6. The zero-order valence-corrected chi connectivity index (χ0v) is 17.1. The largest absolute Gasteiger partial charge is 0.455 e. The van der Waals surface area contributed by atoms with Crippen LogP contribution in [-0.4, -0.2) is 44.3 Å². The van der Waals surface area contributed by atoms with E-state index in [4.69, 9.17) is 4.74 Å². The molecule has 1 aromatic carbocycles. The summed E-state index contributed by atoms with van der Waals surface area (Å²) in [4.78, 5) is 24.0. The van der Waals surface area contributed by atoms with Crippen LogP contribution in [0.1, 0.15) is 12.8 Å². The SMILES string of the molecule is O=C(COC(=O)C1CCN(S(=O)(=O)c2cccs2)CC1)Nc1ccc(F)c(F)c1F. The number of anilines is 1. The van der Waals surface area contributed by atoms with Gasteiger partial charge in [-0.3, -0.25) is 9.59 Å². The molecule has 0 atom stereocenters. The monoisotopic (exact) mass is 462 g/mol. The van der Waals surface area contributed by atoms with Crippen molar-refractivity contribution in [3.8, 4) is 0 Å². The van der Waals surface area contributed by atoms with Gasteiger partial charge in [-0.05, 0) is 36.4 Å². The lowest BCUT2D eigenvalue weighted by Crippen LogP contribution is -2.40. The van der Waals surface area contributed by atoms with Crippen LogP contribution in [0.4, 0.5) is 18.9 Å². The van der Waals surface area contributed by atoms with Crippen molar-refractivity contribution in [2.24, 2.45) is 5.92 Å². The van der Waals surface area contributed by atoms with Gasteiger partial charge in [-0.2, -0.15) is 4.31 Å². The van der Waals surface area contributed by atoms with Gasteiger partial charge >= 0.3 is 5.97 Å². The van der Waals surface area contributed by atoms with E-state index in [1.165, 1.54) is 10.4 Å². The number of carbonyl (C=O) groups excluding carboxylic acids is 2. The van der Waals surface area contributed by atoms with E-state index in [1.807, 2.05) is 5.32 Å². The third kappa shape index (κ3) is 4.82. The Balaban J connectivity index is 1.48. The first-order chi connectivity index (χ1) is 14.2. The Bertz CT molecular complexity index is 1040. The number of amides is 1. The fourth-order valence-corrected chi connectivity index (χ4v) is 5.55. The van der Waals surface area contributed by atoms with Crippen LogP contribution in [0.5, 0.6) is 0 Å². The van der Waals surface area contributed by atoms with E-state index >= 15 is 0 Å². The topological polar surface area (TPSA) is 92.8 Å². The summed E-state index contributed by atoms with van der Waals surface area (Å²) >= 11 is 1.11. The molecule has 1 aliphatic rings. The molecule has 0 unspecified atom stereocenters. The highest BCUT2D eigenvalue weighted by atomic mass is 32.2. The van der Waals surface area contributed by atoms with Crippen molar-refractivity contribution in [2.45, 2.75) is 17.1 Å². The van der Waals surface area contributed by atoms with Crippen LogP contribution in [0.2, 0.25) is 0 Å². The lowest BCUT2D eigenvalue weighted by Gasteiger charge is -2.29. The lowest BCUT2D eigenvalue weighted by atomic mass is 9.98. The summed E-state index contributed by atoms with van der Waals surface area (Å²) in [6.45, 7) is -0.483. The summed E-state index contributed by atoms with van der Waals surface area (Å²) in [5, 5.41) is 3.66. The molecule has 1 fully saturated rings. The smallest absolute Gasteiger partial charge is 0.309 e. The van der Waals surface area contributed by atoms with Gasteiger partial charge in [0.1, 0.15) is 4.21 Å². The minimum absolute atomic E-state index is 0.131. The highest BCUT2D eigenvalue weighted by Gasteiger charge is 2.33. The van der Waals surface area contributed by atoms with Crippen molar-refractivity contribution < 1.29 is 35.9 Å². The number of benzene rings is 1. The Labute approximate surface area is 174 Å². The normalized spacial score (nSPS) is 15.7. The Morgan fingerprint density at radius 3 is 2.47 bits per heavy atom. The molecule has 1 aliphatic heterocycles. The van der Waals surface area contributed by atoms with E-state index in [2.05, 4.69) is 0 Å². The maximum Gasteiger partial charge on any atom is 0.309 e. The van der Waals surface area contributed by atoms with Gasteiger partial charge < -0.3 is 10.1 Å². The highest BCUT2D eigenvalue weighted by Crippen LogP contribution is 2.27. The van der Waals surface area contributed by atoms with Gasteiger partial charge in [0.15, 0.2) is 24.1 Å². The number of ether oxygens (including phenoxy) is 1. The number of sulfonamides is 1. The summed E-state index contributed by atoms with van der Waals surface area (Å²) < 4.78 is 71.0. The van der Waals surface area contributed by atoms with Crippen LogP contribution < -0.4 is 5.32 Å². The summed E-state index contributed by atoms with van der Waals surface area (Å²) in [6, 6.07) is 4.64. The average molecular weight is 462 g/mol. The molecule has 0 bridgehead atoms. The molecule has 1 N–H and O–H groups in total. The van der Waals surface area contributed by atoms with E-state index in [0.29, 0.717) is 6.07 Å². The molecule has 3 rings (SSSR count). The van der Waals surface area contributed by atoms with Crippen LogP contribution in [0.3, 0.4) is 0 Å². The van der Waals surface area contributed by atoms with Crippen molar-refractivity contribution in [1.29, 1.82) is 0 Å². The fourth-order valence-electron chi connectivity index (χ4n) is 2.93. The molecule has 0 saturated carbocycles. The number of hydrogen-bond donors (Lipinski definition) is 1. The molecule has 162 valence electrons. The van der Waals surface area contributed by atoms with Crippen LogP contribution in [0, 0.1) is 23.4 Å². The van der Waals surface area contributed by atoms with Crippen molar-refractivity contribution in [2.75, 3.05) is 25.0 Å². The molecule has 2 aromatic rings. The first-order valence-electron chi connectivity index (χ1n) is 8.84. The Hall–Kier alpha value is -2.44. The third-order valence-corrected chi connectivity index (χ3v) is 7.80. The van der Waals surface area contributed by atoms with E-state index in [-0.39, 0.29) is 30.1 Å². The lowest BCUT2D eigenvalue weighted by molar-refractivity contribution is -0.152. The first kappa shape index (κ1) is 22.2. The second-order valence-electron chi connectivity index (χ2n) is 6.49. The molecule has 12 heteroatoms. The summed E-state index contributed by atoms with van der Waals surface area (Å²) in [5.74, 6) is -6.89. The third-order valence-electron chi connectivity index (χ3n) is 4.53. The van der Waals surface area contributed by atoms with E-state index in [1.54, 1.807) is 11.4 Å². The molecular weight excluding hydrogens is 445 g/mol. The van der Waals surface area contributed by atoms with Crippen LogP contribution in [0.15, 0.2) is 33.9 Å². The molecule has 1 saturated heterocycles. The number of carbonyl (C=O) groups is 2. The Kier molecular flexibility index (Phi) is 6.78. The molecule has 0 radical (unpaired) electrons. The summed E-state index contributed by atoms with van der Waals surface area (Å²) in [6.07, 6.45) is 0.450. The number of nitrogens with zero attached hydrogens (tertiary/aromatic N) is 1. The zero-order valence-electron chi connectivity index (χ0n) is 15.4. The van der Waals surface area contributed by atoms with Gasteiger partial charge in [0.25, 0.3) is 15.9 Å². The second-order valence-corrected chi connectivity index (χ2v) is 9.60. The minimum Gasteiger partial charge on any atom is -0.455 e. The highest BCUT2D eigenvalue weighted by molar-refractivity contribution is 7.91. The summed E-state index contributed by atoms with van der Waals surface area (Å²) in [5.41, 5.74) is -0.581. The molecule has 1 amide bonds. The number of hydrogen-bond acceptors (Lipinski definition) is 6. The van der Waals surface area contributed by atoms with Crippen LogP contribution in [-0.2, 0) is 24.3 Å². The fraction of sp³-hybridized carbons (Fsp3) is 0.333. The molecule has 7 nitrogen and oxygen atoms in total. The van der Waals surface area contributed by atoms with Gasteiger partial charge in [-0.25, -0.2) is 21.6 Å². The van der Waals surface area contributed by atoms with Gasteiger partial charge in [-0.15, -0.1) is 11.3 Å². The number of rotatable bonds is 6. The van der Waals surface area contributed by atoms with Gasteiger partial charge in [-0.1, -0.05) is 6.07 Å². The van der Waals surface area contributed by atoms with Gasteiger partial charge in [0, 0.05) is 13.1 Å². The Morgan fingerprint density at radius 2 is 1.83 bits per heavy atom. The van der Waals surface area contributed by atoms with Crippen molar-refractivity contribution in [1.82, 2.24) is 4.31 Å². The molecule has 30 heavy (non-hydrogen) atoms. The molecule has 0 spiro atoms. The maximum atomic E-state index is 13.6. The van der Waals surface area contributed by atoms with E-state index < -0.39 is 57.6 Å². The molecule has 1 aromatic heterocycles. The number of piperidine rings is 1. The summed E-state index contributed by atoms with van der Waals surface area (Å²) in [7, 11) is -3.60. The molecular formula is C18H17F3N2O5S2. The standard InChI is InChI=1S/C18H17F3N2O5S2/c19-12-3-4-13(17(21)16(12)20)22-14(24)10-28-18(25)11-5-7-23(8-6-11)30(26,27)15-2-1-9-29-15/h1-4,9,11H,5-8,10H2,(H,22,24). The van der Waals surface area contributed by atoms with Gasteiger partial charge in [0.2, 0.25) is 0 Å². The zero-order chi connectivity index (χ0) is 21.9. The first-order valence-corrected chi connectivity index (χ1v) is 11.2. The number of thiophene rings is 1. The minimum atomic E-state index is -3.60. The number of esters is 1. The van der Waals surface area contributed by atoms with Crippen LogP contribution in [0.25, 0.3) is 0 Å². The molecule has 2 heterocycles. The number of halogens is 3. The second kappa shape index (κ2) is 9.14. The van der Waals surface area contributed by atoms with Crippen LogP contribution >= 0.6 is 11.3 Å². The average Bonchev–Trinajstić information content (AvgIpc) is 3.28. The molecule has 0 aliphatic carbocycles. The Morgan fingerprint density at radius 1 is 1.13 bits per heavy atom. The van der Waals surface area contributed by atoms with Crippen molar-refractivity contribution >= 4 is 38.9 Å². The predicted octanol–water partition coefficient (Wildman–Crippen LogP) is 2.75.